The van der Waals surface area contributed by atoms with Gasteiger partial charge in [-0.15, -0.1) is 5.10 Å². The van der Waals surface area contributed by atoms with Gasteiger partial charge in [0.05, 0.1) is 5.41 Å². The Morgan fingerprint density at radius 1 is 1.10 bits per heavy atom. The minimum absolute atomic E-state index is 0.00945. The molecule has 1 heterocycles. The first kappa shape index (κ1) is 19.7. The molecule has 0 aliphatic heterocycles. The van der Waals surface area contributed by atoms with Gasteiger partial charge >= 0.3 is 6.08 Å². The second-order valence-electron chi connectivity index (χ2n) is 8.97. The molecular formula is C24H23FN2O4. The normalized spacial score (nSPS) is 23.6. The Hall–Kier alpha value is -3.22. The van der Waals surface area contributed by atoms with Crippen molar-refractivity contribution in [2.24, 2.45) is 5.41 Å². The van der Waals surface area contributed by atoms with Crippen LogP contribution in [0.1, 0.15) is 42.7 Å². The van der Waals surface area contributed by atoms with Gasteiger partial charge in [0.1, 0.15) is 23.9 Å². The van der Waals surface area contributed by atoms with Crippen molar-refractivity contribution in [3.63, 3.8) is 0 Å². The van der Waals surface area contributed by atoms with Crippen molar-refractivity contribution in [1.82, 2.24) is 10.2 Å². The molecule has 3 aromatic rings. The topological polar surface area (TPSA) is 74.5 Å². The Balaban J connectivity index is 1.14. The van der Waals surface area contributed by atoms with Crippen LogP contribution >= 0.6 is 0 Å². The lowest BCUT2D eigenvalue weighted by Crippen LogP contribution is -2.65. The predicted molar refractivity (Wildman–Crippen MR) is 110 cm³/mol. The van der Waals surface area contributed by atoms with Gasteiger partial charge in [0.25, 0.3) is 0 Å². The number of rotatable bonds is 8. The minimum Gasteiger partial charge on any atom is -0.486 e. The van der Waals surface area contributed by atoms with Crippen molar-refractivity contribution in [2.75, 3.05) is 6.61 Å². The maximum Gasteiger partial charge on any atom is 0.420 e. The number of Topliss-reactive ketones (excluding diaryl/α,β-unsaturated/α-hetero) is 1. The number of carbonyl (C=O) groups is 1. The van der Waals surface area contributed by atoms with E-state index in [0.29, 0.717) is 29.4 Å². The summed E-state index contributed by atoms with van der Waals surface area (Å²) >= 11 is 0. The highest BCUT2D eigenvalue weighted by Crippen LogP contribution is 2.74. The summed E-state index contributed by atoms with van der Waals surface area (Å²) in [6.45, 7) is 3.59. The van der Waals surface area contributed by atoms with Crippen LogP contribution in [0.3, 0.4) is 0 Å². The molecule has 1 aromatic heterocycles. The largest absolute Gasteiger partial charge is 0.486 e. The van der Waals surface area contributed by atoms with Gasteiger partial charge in [-0.1, -0.05) is 29.4 Å². The van der Waals surface area contributed by atoms with E-state index >= 15 is 0 Å². The fourth-order valence-corrected chi connectivity index (χ4v) is 4.94. The number of aryl methyl sites for hydroxylation is 2. The lowest BCUT2D eigenvalue weighted by atomic mass is 9.34. The van der Waals surface area contributed by atoms with Gasteiger partial charge in [-0.05, 0) is 61.8 Å². The third-order valence-corrected chi connectivity index (χ3v) is 6.41. The van der Waals surface area contributed by atoms with E-state index in [9.17, 15) is 9.18 Å². The number of hydrogen-bond acceptors (Lipinski definition) is 6. The molecule has 160 valence electrons. The van der Waals surface area contributed by atoms with E-state index in [1.54, 1.807) is 19.1 Å². The Bertz CT molecular complexity index is 1140. The monoisotopic (exact) mass is 422 g/mol. The molecule has 3 aliphatic rings. The molecule has 0 N–H and O–H groups in total. The Morgan fingerprint density at radius 2 is 1.87 bits per heavy atom. The number of aromatic nitrogens is 2. The van der Waals surface area contributed by atoms with Crippen LogP contribution in [0.5, 0.6) is 17.6 Å². The average Bonchev–Trinajstić information content (AvgIpc) is 3.14. The maximum atomic E-state index is 13.6. The van der Waals surface area contributed by atoms with Crippen molar-refractivity contribution in [2.45, 2.75) is 44.9 Å². The molecule has 31 heavy (non-hydrogen) atoms. The number of ketones is 1. The van der Waals surface area contributed by atoms with Crippen LogP contribution in [-0.2, 0) is 10.2 Å². The van der Waals surface area contributed by atoms with Gasteiger partial charge in [0.2, 0.25) is 5.89 Å². The highest BCUT2D eigenvalue weighted by atomic mass is 19.1. The van der Waals surface area contributed by atoms with E-state index in [4.69, 9.17) is 13.9 Å². The number of hydrogen-bond donors (Lipinski definition) is 0. The zero-order chi connectivity index (χ0) is 21.6. The summed E-state index contributed by atoms with van der Waals surface area (Å²) < 4.78 is 30.6. The number of benzene rings is 2. The van der Waals surface area contributed by atoms with Crippen LogP contribution in [0.4, 0.5) is 4.39 Å². The molecule has 0 saturated heterocycles. The Morgan fingerprint density at radius 3 is 2.61 bits per heavy atom. The van der Waals surface area contributed by atoms with Gasteiger partial charge in [0.15, 0.2) is 5.78 Å². The standard InChI is InChI=1S/C24H23FN2O4/c1-15-7-8-18(9-19(15)25)29-11-17(28)10-23-12-24(13-23,14-23)21-26-27-22(31-21)30-20-6-4-3-5-16(20)2/h3-9H,10-14H2,1-2H3. The smallest absolute Gasteiger partial charge is 0.420 e. The Labute approximate surface area is 179 Å². The summed E-state index contributed by atoms with van der Waals surface area (Å²) in [6.07, 6.45) is 3.12. The minimum atomic E-state index is -0.336. The summed E-state index contributed by atoms with van der Waals surface area (Å²) in [7, 11) is 0. The van der Waals surface area contributed by atoms with Crippen molar-refractivity contribution < 1.29 is 23.1 Å². The van der Waals surface area contributed by atoms with Crippen LogP contribution in [0.15, 0.2) is 46.9 Å². The first-order chi connectivity index (χ1) is 14.9. The molecule has 3 fully saturated rings. The van der Waals surface area contributed by atoms with E-state index in [2.05, 4.69) is 10.2 Å². The molecule has 3 aliphatic carbocycles. The number of halogens is 1. The number of ether oxygens (including phenoxy) is 2. The third kappa shape index (κ3) is 3.58. The summed E-state index contributed by atoms with van der Waals surface area (Å²) in [4.78, 5) is 12.4. The van der Waals surface area contributed by atoms with Gasteiger partial charge in [-0.2, -0.15) is 0 Å². The molecule has 3 saturated carbocycles. The van der Waals surface area contributed by atoms with E-state index in [0.717, 1.165) is 24.8 Å². The molecule has 7 heteroatoms. The van der Waals surface area contributed by atoms with E-state index in [-0.39, 0.29) is 35.1 Å². The van der Waals surface area contributed by atoms with Crippen LogP contribution in [0.2, 0.25) is 0 Å². The Kier molecular flexibility index (Phi) is 4.57. The molecule has 0 amide bonds. The summed E-state index contributed by atoms with van der Waals surface area (Å²) in [5.74, 6) is 1.32. The van der Waals surface area contributed by atoms with E-state index in [1.165, 1.54) is 6.07 Å². The van der Waals surface area contributed by atoms with Crippen LogP contribution in [0, 0.1) is 25.1 Å². The summed E-state index contributed by atoms with van der Waals surface area (Å²) in [6, 6.07) is 12.3. The number of nitrogens with zero attached hydrogens (tertiary/aromatic N) is 2. The van der Waals surface area contributed by atoms with Gasteiger partial charge in [-0.3, -0.25) is 4.79 Å². The molecule has 0 spiro atoms. The highest BCUT2D eigenvalue weighted by Gasteiger charge is 2.71. The van der Waals surface area contributed by atoms with E-state index in [1.807, 2.05) is 31.2 Å². The van der Waals surface area contributed by atoms with Crippen molar-refractivity contribution in [1.29, 1.82) is 0 Å². The molecular weight excluding hydrogens is 399 g/mol. The van der Waals surface area contributed by atoms with E-state index < -0.39 is 0 Å². The molecule has 6 nitrogen and oxygen atoms in total. The van der Waals surface area contributed by atoms with Crippen molar-refractivity contribution in [3.05, 3.63) is 65.3 Å². The molecule has 0 radical (unpaired) electrons. The lowest BCUT2D eigenvalue weighted by molar-refractivity contribution is -0.168. The molecule has 0 atom stereocenters. The molecule has 2 bridgehead atoms. The highest BCUT2D eigenvalue weighted by molar-refractivity contribution is 5.81. The van der Waals surface area contributed by atoms with Crippen LogP contribution < -0.4 is 9.47 Å². The zero-order valence-electron chi connectivity index (χ0n) is 17.5. The molecule has 6 rings (SSSR count). The summed E-state index contributed by atoms with van der Waals surface area (Å²) in [5.41, 5.74) is 1.39. The van der Waals surface area contributed by atoms with Gasteiger partial charge in [-0.25, -0.2) is 4.39 Å². The fourth-order valence-electron chi connectivity index (χ4n) is 4.94. The van der Waals surface area contributed by atoms with Crippen molar-refractivity contribution >= 4 is 5.78 Å². The maximum absolute atomic E-state index is 13.6. The first-order valence-corrected chi connectivity index (χ1v) is 10.3. The number of carbonyl (C=O) groups excluding carboxylic acids is 1. The second kappa shape index (κ2) is 7.18. The second-order valence-corrected chi connectivity index (χ2v) is 8.97. The van der Waals surface area contributed by atoms with Gasteiger partial charge in [0, 0.05) is 12.5 Å². The van der Waals surface area contributed by atoms with Crippen LogP contribution in [0.25, 0.3) is 0 Å². The third-order valence-electron chi connectivity index (χ3n) is 6.41. The zero-order valence-corrected chi connectivity index (χ0v) is 17.5. The first-order valence-electron chi connectivity index (χ1n) is 10.3. The SMILES string of the molecule is Cc1ccc(OCC(=O)CC23CC(c4nnc(Oc5ccccc5C)o4)(C2)C3)cc1F. The van der Waals surface area contributed by atoms with Crippen molar-refractivity contribution in [3.8, 4) is 17.6 Å². The number of para-hydroxylation sites is 1. The lowest BCUT2D eigenvalue weighted by Gasteiger charge is -2.68. The van der Waals surface area contributed by atoms with Crippen LogP contribution in [-0.4, -0.2) is 22.6 Å². The molecule has 0 unspecified atom stereocenters. The molecule has 2 aromatic carbocycles. The summed E-state index contributed by atoms with van der Waals surface area (Å²) in [5, 5.41) is 8.22. The fraction of sp³-hybridized carbons (Fsp3) is 0.375. The average molecular weight is 422 g/mol. The quantitative estimate of drug-likeness (QED) is 0.504. The van der Waals surface area contributed by atoms with Gasteiger partial charge < -0.3 is 13.9 Å². The predicted octanol–water partition coefficient (Wildman–Crippen LogP) is 5.08.